The molecule has 1 aromatic rings. The van der Waals surface area contributed by atoms with Gasteiger partial charge < -0.3 is 11.1 Å². The van der Waals surface area contributed by atoms with Crippen LogP contribution < -0.4 is 11.1 Å². The fourth-order valence-corrected chi connectivity index (χ4v) is 1.98. The fourth-order valence-electron chi connectivity index (χ4n) is 1.98. The molecule has 4 nitrogen and oxygen atoms in total. The van der Waals surface area contributed by atoms with E-state index >= 15 is 0 Å². The van der Waals surface area contributed by atoms with Gasteiger partial charge >= 0.3 is 6.03 Å². The van der Waals surface area contributed by atoms with Crippen LogP contribution in [0.5, 0.6) is 0 Å². The van der Waals surface area contributed by atoms with Crippen molar-refractivity contribution in [3.05, 3.63) is 35.4 Å². The Kier molecular flexibility index (Phi) is 3.13. The summed E-state index contributed by atoms with van der Waals surface area (Å²) in [5.74, 6) is 0.977. The lowest BCUT2D eigenvalue weighted by molar-refractivity contribution is 0.250. The molecule has 0 spiro atoms. The van der Waals surface area contributed by atoms with Crippen LogP contribution in [-0.2, 0) is 6.42 Å². The zero-order valence-corrected chi connectivity index (χ0v) is 10.1. The van der Waals surface area contributed by atoms with Crippen molar-refractivity contribution in [1.82, 2.24) is 5.32 Å². The van der Waals surface area contributed by atoms with E-state index in [0.29, 0.717) is 11.8 Å². The molecule has 1 atom stereocenters. The topological polar surface area (TPSA) is 67.5 Å². The highest BCUT2D eigenvalue weighted by molar-refractivity contribution is 6.03. The molecule has 0 saturated carbocycles. The zero-order valence-electron chi connectivity index (χ0n) is 10.1. The lowest BCUT2D eigenvalue weighted by atomic mass is 9.99. The number of amides is 2. The molecule has 0 saturated heterocycles. The van der Waals surface area contributed by atoms with Crippen molar-refractivity contribution in [2.24, 2.45) is 16.6 Å². The van der Waals surface area contributed by atoms with E-state index in [1.807, 2.05) is 12.1 Å². The van der Waals surface area contributed by atoms with Crippen LogP contribution in [0.15, 0.2) is 29.3 Å². The maximum Gasteiger partial charge on any atom is 0.343 e. The highest BCUT2D eigenvalue weighted by Crippen LogP contribution is 2.19. The number of carbonyl (C=O) groups excluding carboxylic acids is 1. The van der Waals surface area contributed by atoms with Crippen molar-refractivity contribution in [2.75, 3.05) is 0 Å². The standard InChI is InChI=1S/C13H17N3O/c1-8(2)7-9-3-5-10(6-4-9)11-12(14)16-13(17)15-11/h3-6,8,11H,7H2,1-2H3,(H3,14,15,16,17). The summed E-state index contributed by atoms with van der Waals surface area (Å²) >= 11 is 0. The normalized spacial score (nSPS) is 19.4. The van der Waals surface area contributed by atoms with Gasteiger partial charge in [-0.05, 0) is 23.5 Å². The number of rotatable bonds is 3. The van der Waals surface area contributed by atoms with Gasteiger partial charge in [0, 0.05) is 0 Å². The maximum absolute atomic E-state index is 11.1. The lowest BCUT2D eigenvalue weighted by Gasteiger charge is -2.12. The highest BCUT2D eigenvalue weighted by atomic mass is 16.2. The maximum atomic E-state index is 11.1. The van der Waals surface area contributed by atoms with Crippen LogP contribution in [0.2, 0.25) is 0 Å². The number of nitrogens with two attached hydrogens (primary N) is 1. The summed E-state index contributed by atoms with van der Waals surface area (Å²) in [6, 6.07) is 7.52. The van der Waals surface area contributed by atoms with Crippen molar-refractivity contribution in [3.63, 3.8) is 0 Å². The van der Waals surface area contributed by atoms with Gasteiger partial charge in [0.05, 0.1) is 0 Å². The van der Waals surface area contributed by atoms with E-state index in [4.69, 9.17) is 5.73 Å². The van der Waals surface area contributed by atoms with Crippen LogP contribution in [0, 0.1) is 5.92 Å². The van der Waals surface area contributed by atoms with Gasteiger partial charge in [0.2, 0.25) is 0 Å². The number of urea groups is 1. The summed E-state index contributed by atoms with van der Waals surface area (Å²) in [6.07, 6.45) is 1.06. The molecule has 0 aliphatic carbocycles. The molecule has 1 aliphatic rings. The van der Waals surface area contributed by atoms with Crippen LogP contribution in [0.25, 0.3) is 0 Å². The number of amidine groups is 1. The molecular formula is C13H17N3O. The molecule has 17 heavy (non-hydrogen) atoms. The first-order valence-corrected chi connectivity index (χ1v) is 5.79. The minimum Gasteiger partial charge on any atom is -0.385 e. The Balaban J connectivity index is 2.13. The predicted octanol–water partition coefficient (Wildman–Crippen LogP) is 2.01. The smallest absolute Gasteiger partial charge is 0.343 e. The van der Waals surface area contributed by atoms with Crippen LogP contribution in [0.1, 0.15) is 31.0 Å². The third-order valence-corrected chi connectivity index (χ3v) is 2.75. The summed E-state index contributed by atoms with van der Waals surface area (Å²) < 4.78 is 0. The lowest BCUT2D eigenvalue weighted by Crippen LogP contribution is -2.27. The van der Waals surface area contributed by atoms with Gasteiger partial charge in [-0.15, -0.1) is 0 Å². The molecular weight excluding hydrogens is 214 g/mol. The summed E-state index contributed by atoms with van der Waals surface area (Å²) in [4.78, 5) is 14.7. The number of hydrogen-bond donors (Lipinski definition) is 2. The number of nitrogens with zero attached hydrogens (tertiary/aromatic N) is 1. The third kappa shape index (κ3) is 2.64. The number of benzene rings is 1. The largest absolute Gasteiger partial charge is 0.385 e. The predicted molar refractivity (Wildman–Crippen MR) is 67.9 cm³/mol. The quantitative estimate of drug-likeness (QED) is 0.835. The van der Waals surface area contributed by atoms with Gasteiger partial charge in [-0.3, -0.25) is 0 Å². The van der Waals surface area contributed by atoms with Gasteiger partial charge in [-0.1, -0.05) is 38.1 Å². The molecule has 0 aromatic heterocycles. The van der Waals surface area contributed by atoms with Gasteiger partial charge in [0.25, 0.3) is 0 Å². The fraction of sp³-hybridized carbons (Fsp3) is 0.385. The van der Waals surface area contributed by atoms with Crippen molar-refractivity contribution in [1.29, 1.82) is 0 Å². The Morgan fingerprint density at radius 1 is 1.35 bits per heavy atom. The molecule has 0 fully saturated rings. The molecule has 1 aliphatic heterocycles. The number of nitrogens with one attached hydrogen (secondary N) is 1. The molecule has 1 unspecified atom stereocenters. The van der Waals surface area contributed by atoms with E-state index in [-0.39, 0.29) is 12.1 Å². The van der Waals surface area contributed by atoms with Crippen LogP contribution in [0.4, 0.5) is 4.79 Å². The average molecular weight is 231 g/mol. The van der Waals surface area contributed by atoms with Crippen molar-refractivity contribution >= 4 is 11.9 Å². The second kappa shape index (κ2) is 4.57. The van der Waals surface area contributed by atoms with Gasteiger partial charge in [-0.2, -0.15) is 4.99 Å². The van der Waals surface area contributed by atoms with Crippen molar-refractivity contribution in [2.45, 2.75) is 26.3 Å². The van der Waals surface area contributed by atoms with E-state index < -0.39 is 0 Å². The van der Waals surface area contributed by atoms with Crippen molar-refractivity contribution in [3.8, 4) is 0 Å². The molecule has 90 valence electrons. The molecule has 2 rings (SSSR count). The second-order valence-corrected chi connectivity index (χ2v) is 4.76. The van der Waals surface area contributed by atoms with Crippen LogP contribution >= 0.6 is 0 Å². The summed E-state index contributed by atoms with van der Waals surface area (Å²) in [6.45, 7) is 4.38. The first-order valence-electron chi connectivity index (χ1n) is 5.79. The number of hydrogen-bond acceptors (Lipinski definition) is 2. The minimum absolute atomic E-state index is 0.268. The van der Waals surface area contributed by atoms with Crippen LogP contribution in [-0.4, -0.2) is 11.9 Å². The minimum atomic E-state index is -0.362. The van der Waals surface area contributed by atoms with Crippen molar-refractivity contribution < 1.29 is 4.79 Å². The summed E-state index contributed by atoms with van der Waals surface area (Å²) in [5, 5.41) is 2.71. The Hall–Kier alpha value is -1.84. The van der Waals surface area contributed by atoms with Gasteiger partial charge in [0.1, 0.15) is 11.9 Å². The van der Waals surface area contributed by atoms with E-state index in [1.54, 1.807) is 0 Å². The molecule has 1 heterocycles. The average Bonchev–Trinajstić information content (AvgIpc) is 2.58. The molecule has 0 bridgehead atoms. The van der Waals surface area contributed by atoms with Gasteiger partial charge in [0.15, 0.2) is 0 Å². The Labute approximate surface area is 101 Å². The summed E-state index contributed by atoms with van der Waals surface area (Å²) in [7, 11) is 0. The number of aliphatic imine (C=N–C) groups is 1. The molecule has 3 N–H and O–H groups in total. The van der Waals surface area contributed by atoms with E-state index in [2.05, 4.69) is 36.3 Å². The van der Waals surface area contributed by atoms with E-state index in [9.17, 15) is 4.79 Å². The van der Waals surface area contributed by atoms with Gasteiger partial charge in [-0.25, -0.2) is 4.79 Å². The first-order chi connectivity index (χ1) is 8.06. The second-order valence-electron chi connectivity index (χ2n) is 4.76. The zero-order chi connectivity index (χ0) is 12.4. The highest BCUT2D eigenvalue weighted by Gasteiger charge is 2.24. The first kappa shape index (κ1) is 11.6. The molecule has 4 heteroatoms. The SMILES string of the molecule is CC(C)Cc1ccc(C2NC(=O)N=C2N)cc1. The Bertz CT molecular complexity index is 448. The molecule has 2 amide bonds. The van der Waals surface area contributed by atoms with Crippen LogP contribution in [0.3, 0.4) is 0 Å². The third-order valence-electron chi connectivity index (χ3n) is 2.75. The number of carbonyl (C=O) groups is 1. The molecule has 1 aromatic carbocycles. The molecule has 0 radical (unpaired) electrons. The Morgan fingerprint density at radius 2 is 2.00 bits per heavy atom. The Morgan fingerprint density at radius 3 is 2.47 bits per heavy atom. The van der Waals surface area contributed by atoms with E-state index in [1.165, 1.54) is 5.56 Å². The summed E-state index contributed by atoms with van der Waals surface area (Å²) in [5.41, 5.74) is 7.96. The monoisotopic (exact) mass is 231 g/mol. The van der Waals surface area contributed by atoms with E-state index in [0.717, 1.165) is 12.0 Å².